The Morgan fingerprint density at radius 1 is 1.16 bits per heavy atom. The molecule has 0 saturated heterocycles. The summed E-state index contributed by atoms with van der Waals surface area (Å²) in [6, 6.07) is 14.8. The number of para-hydroxylation sites is 1. The number of hydrogen-bond donors (Lipinski definition) is 0. The summed E-state index contributed by atoms with van der Waals surface area (Å²) in [5.74, 6) is -0.203. The van der Waals surface area contributed by atoms with E-state index in [1.165, 1.54) is 10.8 Å². The molecule has 2 aromatic carbocycles. The maximum Gasteiger partial charge on any atom is 0.123 e. The van der Waals surface area contributed by atoms with Crippen LogP contribution in [0.3, 0.4) is 0 Å². The molecule has 1 nitrogen and oxygen atoms in total. The van der Waals surface area contributed by atoms with Crippen molar-refractivity contribution in [3.05, 3.63) is 64.9 Å². The van der Waals surface area contributed by atoms with Gasteiger partial charge in [-0.1, -0.05) is 40.2 Å². The van der Waals surface area contributed by atoms with E-state index in [2.05, 4.69) is 27.0 Å². The molecular formula is C15H11BrFNS. The van der Waals surface area contributed by atoms with E-state index < -0.39 is 0 Å². The predicted molar refractivity (Wildman–Crippen MR) is 81.4 cm³/mol. The highest BCUT2D eigenvalue weighted by Gasteiger charge is 2.12. The average molecular weight is 336 g/mol. The molecule has 0 aliphatic heterocycles. The Morgan fingerprint density at radius 3 is 2.79 bits per heavy atom. The molecule has 19 heavy (non-hydrogen) atoms. The number of benzene rings is 2. The number of rotatable bonds is 3. The monoisotopic (exact) mass is 335 g/mol. The van der Waals surface area contributed by atoms with Gasteiger partial charge in [-0.15, -0.1) is 11.3 Å². The summed E-state index contributed by atoms with van der Waals surface area (Å²) >= 11 is 5.30. The van der Waals surface area contributed by atoms with E-state index in [9.17, 15) is 4.39 Å². The van der Waals surface area contributed by atoms with Gasteiger partial charge in [0.25, 0.3) is 0 Å². The Bertz CT molecular complexity index is 677. The Kier molecular flexibility index (Phi) is 3.62. The summed E-state index contributed by atoms with van der Waals surface area (Å²) in [6.07, 6.45) is 0.767. The Labute approximate surface area is 123 Å². The molecule has 0 spiro atoms. The van der Waals surface area contributed by atoms with Gasteiger partial charge in [0.05, 0.1) is 15.2 Å². The molecule has 4 heteroatoms. The molecule has 3 aromatic rings. The number of alkyl halides is 1. The zero-order valence-corrected chi connectivity index (χ0v) is 12.4. The highest BCUT2D eigenvalue weighted by molar-refractivity contribution is 9.09. The van der Waals surface area contributed by atoms with Crippen molar-refractivity contribution in [1.29, 1.82) is 0 Å². The molecule has 0 fully saturated rings. The van der Waals surface area contributed by atoms with Crippen molar-refractivity contribution in [3.63, 3.8) is 0 Å². The van der Waals surface area contributed by atoms with E-state index >= 15 is 0 Å². The van der Waals surface area contributed by atoms with Gasteiger partial charge in [-0.2, -0.15) is 0 Å². The first kappa shape index (κ1) is 12.8. The minimum Gasteiger partial charge on any atom is -0.241 e. The SMILES string of the molecule is Fc1cccc(C(Br)Cc2nc3ccccc3s2)c1. The molecule has 0 bridgehead atoms. The maximum atomic E-state index is 13.2. The van der Waals surface area contributed by atoms with Gasteiger partial charge in [0, 0.05) is 11.2 Å². The Balaban J connectivity index is 1.84. The van der Waals surface area contributed by atoms with Crippen LogP contribution in [0.2, 0.25) is 0 Å². The topological polar surface area (TPSA) is 12.9 Å². The number of aromatic nitrogens is 1. The average Bonchev–Trinajstić information content (AvgIpc) is 2.80. The van der Waals surface area contributed by atoms with Gasteiger partial charge in [0.2, 0.25) is 0 Å². The third-order valence-corrected chi connectivity index (χ3v) is 4.81. The smallest absolute Gasteiger partial charge is 0.123 e. The number of thiazole rings is 1. The fourth-order valence-corrected chi connectivity index (χ4v) is 3.80. The van der Waals surface area contributed by atoms with Gasteiger partial charge in [-0.25, -0.2) is 9.37 Å². The number of halogens is 2. The van der Waals surface area contributed by atoms with Gasteiger partial charge in [0.1, 0.15) is 5.82 Å². The van der Waals surface area contributed by atoms with Crippen molar-refractivity contribution in [2.24, 2.45) is 0 Å². The summed E-state index contributed by atoms with van der Waals surface area (Å²) in [5, 5.41) is 1.06. The molecule has 0 aliphatic carbocycles. The Morgan fingerprint density at radius 2 is 2.00 bits per heavy atom. The summed E-state index contributed by atoms with van der Waals surface area (Å²) in [7, 11) is 0. The van der Waals surface area contributed by atoms with E-state index in [0.29, 0.717) is 0 Å². The quantitative estimate of drug-likeness (QED) is 0.606. The molecule has 3 rings (SSSR count). The number of fused-ring (bicyclic) bond motifs is 1. The first-order chi connectivity index (χ1) is 9.22. The summed E-state index contributed by atoms with van der Waals surface area (Å²) < 4.78 is 14.4. The summed E-state index contributed by atoms with van der Waals surface area (Å²) in [6.45, 7) is 0. The fraction of sp³-hybridized carbons (Fsp3) is 0.133. The molecule has 1 aromatic heterocycles. The van der Waals surface area contributed by atoms with Crippen molar-refractivity contribution >= 4 is 37.5 Å². The minimum atomic E-state index is -0.203. The third-order valence-electron chi connectivity index (χ3n) is 2.90. The molecular weight excluding hydrogens is 325 g/mol. The largest absolute Gasteiger partial charge is 0.241 e. The van der Waals surface area contributed by atoms with Gasteiger partial charge in [-0.3, -0.25) is 0 Å². The van der Waals surface area contributed by atoms with Crippen LogP contribution in [0.15, 0.2) is 48.5 Å². The molecule has 1 atom stereocenters. The fourth-order valence-electron chi connectivity index (χ4n) is 1.98. The van der Waals surface area contributed by atoms with Crippen LogP contribution in [-0.2, 0) is 6.42 Å². The van der Waals surface area contributed by atoms with Crippen LogP contribution in [0, 0.1) is 5.82 Å². The molecule has 1 heterocycles. The van der Waals surface area contributed by atoms with Crippen molar-refractivity contribution in [3.8, 4) is 0 Å². The lowest BCUT2D eigenvalue weighted by Gasteiger charge is -2.07. The van der Waals surface area contributed by atoms with E-state index in [0.717, 1.165) is 22.5 Å². The molecule has 0 aliphatic rings. The normalized spacial score (nSPS) is 12.7. The lowest BCUT2D eigenvalue weighted by atomic mass is 10.1. The maximum absolute atomic E-state index is 13.2. The van der Waals surface area contributed by atoms with Crippen molar-refractivity contribution in [2.75, 3.05) is 0 Å². The lowest BCUT2D eigenvalue weighted by molar-refractivity contribution is 0.625. The van der Waals surface area contributed by atoms with E-state index in [1.807, 2.05) is 24.3 Å². The molecule has 0 saturated carbocycles. The van der Waals surface area contributed by atoms with E-state index in [4.69, 9.17) is 0 Å². The highest BCUT2D eigenvalue weighted by atomic mass is 79.9. The predicted octanol–water partition coefficient (Wildman–Crippen LogP) is 5.11. The van der Waals surface area contributed by atoms with Crippen LogP contribution in [0.4, 0.5) is 4.39 Å². The van der Waals surface area contributed by atoms with Gasteiger partial charge in [-0.05, 0) is 29.8 Å². The van der Waals surface area contributed by atoms with Crippen LogP contribution in [-0.4, -0.2) is 4.98 Å². The number of nitrogens with zero attached hydrogens (tertiary/aromatic N) is 1. The second kappa shape index (κ2) is 5.39. The second-order valence-corrected chi connectivity index (χ2v) is 6.52. The van der Waals surface area contributed by atoms with E-state index in [-0.39, 0.29) is 10.6 Å². The van der Waals surface area contributed by atoms with Crippen molar-refractivity contribution in [1.82, 2.24) is 4.98 Å². The first-order valence-electron chi connectivity index (χ1n) is 5.96. The zero-order chi connectivity index (χ0) is 13.2. The molecule has 0 radical (unpaired) electrons. The lowest BCUT2D eigenvalue weighted by Crippen LogP contribution is -1.95. The Hall–Kier alpha value is -1.26. The van der Waals surface area contributed by atoms with Crippen LogP contribution in [0.1, 0.15) is 15.4 Å². The first-order valence-corrected chi connectivity index (χ1v) is 7.69. The minimum absolute atomic E-state index is 0.0868. The molecule has 0 N–H and O–H groups in total. The van der Waals surface area contributed by atoms with Gasteiger partial charge in [0.15, 0.2) is 0 Å². The molecule has 96 valence electrons. The van der Waals surface area contributed by atoms with Crippen molar-refractivity contribution < 1.29 is 4.39 Å². The van der Waals surface area contributed by atoms with Crippen molar-refractivity contribution in [2.45, 2.75) is 11.2 Å². The van der Waals surface area contributed by atoms with Gasteiger partial charge < -0.3 is 0 Å². The standard InChI is InChI=1S/C15H11BrFNS/c16-12(10-4-3-5-11(17)8-10)9-15-18-13-6-1-2-7-14(13)19-15/h1-8,12H,9H2. The van der Waals surface area contributed by atoms with Crippen LogP contribution in [0.5, 0.6) is 0 Å². The third kappa shape index (κ3) is 2.85. The van der Waals surface area contributed by atoms with Gasteiger partial charge >= 0.3 is 0 Å². The molecule has 0 amide bonds. The molecule has 1 unspecified atom stereocenters. The van der Waals surface area contributed by atoms with Crippen LogP contribution >= 0.6 is 27.3 Å². The van der Waals surface area contributed by atoms with Crippen LogP contribution < -0.4 is 0 Å². The zero-order valence-electron chi connectivity index (χ0n) is 10.0. The summed E-state index contributed by atoms with van der Waals surface area (Å²) in [4.78, 5) is 4.68. The highest BCUT2D eigenvalue weighted by Crippen LogP contribution is 2.31. The summed E-state index contributed by atoms with van der Waals surface area (Å²) in [5.41, 5.74) is 1.97. The van der Waals surface area contributed by atoms with E-state index in [1.54, 1.807) is 23.5 Å². The number of hydrogen-bond acceptors (Lipinski definition) is 2. The second-order valence-electron chi connectivity index (χ2n) is 4.30. The van der Waals surface area contributed by atoms with Crippen LogP contribution in [0.25, 0.3) is 10.2 Å².